The van der Waals surface area contributed by atoms with Gasteiger partial charge in [-0.25, -0.2) is 0 Å². The van der Waals surface area contributed by atoms with E-state index in [1.54, 1.807) is 6.07 Å². The molecule has 0 aliphatic carbocycles. The molecule has 21 heavy (non-hydrogen) atoms. The molecule has 0 radical (unpaired) electrons. The average Bonchev–Trinajstić information content (AvgIpc) is 2.87. The number of amides is 1. The third-order valence-electron chi connectivity index (χ3n) is 3.67. The maximum Gasteiger partial charge on any atom is 0.237 e. The number of nitrogens with one attached hydrogen (secondary N) is 1. The summed E-state index contributed by atoms with van der Waals surface area (Å²) in [6, 6.07) is 5.74. The van der Waals surface area contributed by atoms with E-state index < -0.39 is 0 Å². The van der Waals surface area contributed by atoms with Crippen LogP contribution in [0.15, 0.2) is 18.2 Å². The number of halogens is 2. The van der Waals surface area contributed by atoms with Gasteiger partial charge in [0.1, 0.15) is 0 Å². The van der Waals surface area contributed by atoms with Gasteiger partial charge in [-0.05, 0) is 51.3 Å². The molecule has 1 aliphatic rings. The molecule has 3 nitrogen and oxygen atoms in total. The first-order chi connectivity index (χ1) is 9.78. The van der Waals surface area contributed by atoms with Gasteiger partial charge in [0.25, 0.3) is 0 Å². The van der Waals surface area contributed by atoms with E-state index in [4.69, 9.17) is 23.2 Å². The maximum atomic E-state index is 12.4. The predicted molar refractivity (Wildman–Crippen MR) is 87.9 cm³/mol. The molecule has 5 heteroatoms. The van der Waals surface area contributed by atoms with Crippen molar-refractivity contribution in [2.75, 3.05) is 13.1 Å². The van der Waals surface area contributed by atoms with Gasteiger partial charge in [0, 0.05) is 12.1 Å². The molecular formula is C16H22Cl2N2O. The van der Waals surface area contributed by atoms with Gasteiger partial charge < -0.3 is 10.2 Å². The van der Waals surface area contributed by atoms with Crippen LogP contribution in [0.3, 0.4) is 0 Å². The molecule has 1 atom stereocenters. The number of benzene rings is 1. The second-order valence-electron chi connectivity index (χ2n) is 6.52. The number of hydrogen-bond acceptors (Lipinski definition) is 2. The van der Waals surface area contributed by atoms with E-state index in [9.17, 15) is 4.79 Å². The van der Waals surface area contributed by atoms with Crippen LogP contribution in [0.1, 0.15) is 45.2 Å². The lowest BCUT2D eigenvalue weighted by atomic mass is 10.0. The number of hydrogen-bond donors (Lipinski definition) is 1. The second-order valence-corrected chi connectivity index (χ2v) is 7.34. The smallest absolute Gasteiger partial charge is 0.237 e. The molecule has 1 aromatic rings. The zero-order valence-corrected chi connectivity index (χ0v) is 14.3. The third kappa shape index (κ3) is 4.35. The molecule has 1 fully saturated rings. The van der Waals surface area contributed by atoms with E-state index in [-0.39, 0.29) is 17.5 Å². The first-order valence-electron chi connectivity index (χ1n) is 7.27. The molecule has 0 saturated carbocycles. The van der Waals surface area contributed by atoms with Crippen molar-refractivity contribution in [1.29, 1.82) is 0 Å². The molecule has 1 saturated heterocycles. The molecule has 1 aliphatic heterocycles. The summed E-state index contributed by atoms with van der Waals surface area (Å²) < 4.78 is 0. The summed E-state index contributed by atoms with van der Waals surface area (Å²) in [5.74, 6) is 0.137. The largest absolute Gasteiger partial charge is 0.335 e. The quantitative estimate of drug-likeness (QED) is 0.907. The monoisotopic (exact) mass is 328 g/mol. The van der Waals surface area contributed by atoms with Gasteiger partial charge in [0.05, 0.1) is 22.6 Å². The minimum Gasteiger partial charge on any atom is -0.335 e. The molecule has 0 spiro atoms. The molecule has 0 aromatic heterocycles. The van der Waals surface area contributed by atoms with Gasteiger partial charge in [-0.3, -0.25) is 4.79 Å². The van der Waals surface area contributed by atoms with Crippen LogP contribution >= 0.6 is 23.2 Å². The fraction of sp³-hybridized carbons (Fsp3) is 0.562. The van der Waals surface area contributed by atoms with Crippen LogP contribution in [-0.2, 0) is 4.79 Å². The lowest BCUT2D eigenvalue weighted by Gasteiger charge is -2.28. The molecule has 1 heterocycles. The Hall–Kier alpha value is -0.770. The summed E-state index contributed by atoms with van der Waals surface area (Å²) in [4.78, 5) is 14.4. The number of nitrogens with zero attached hydrogens (tertiary/aromatic N) is 1. The van der Waals surface area contributed by atoms with Crippen LogP contribution in [0, 0.1) is 0 Å². The Morgan fingerprint density at radius 1 is 1.33 bits per heavy atom. The lowest BCUT2D eigenvalue weighted by molar-refractivity contribution is -0.131. The lowest BCUT2D eigenvalue weighted by Crippen LogP contribution is -2.44. The minimum absolute atomic E-state index is 0.0611. The van der Waals surface area contributed by atoms with Gasteiger partial charge >= 0.3 is 0 Å². The van der Waals surface area contributed by atoms with Crippen LogP contribution < -0.4 is 5.32 Å². The number of carbonyl (C=O) groups is 1. The van der Waals surface area contributed by atoms with E-state index in [0.29, 0.717) is 16.6 Å². The van der Waals surface area contributed by atoms with E-state index in [0.717, 1.165) is 24.9 Å². The summed E-state index contributed by atoms with van der Waals surface area (Å²) in [5, 5.41) is 4.34. The highest BCUT2D eigenvalue weighted by molar-refractivity contribution is 6.42. The fourth-order valence-electron chi connectivity index (χ4n) is 2.57. The molecule has 1 amide bonds. The number of rotatable bonds is 3. The predicted octanol–water partition coefficient (Wildman–Crippen LogP) is 4.05. The Balaban J connectivity index is 2.09. The van der Waals surface area contributed by atoms with Gasteiger partial charge in [-0.15, -0.1) is 0 Å². The van der Waals surface area contributed by atoms with Gasteiger partial charge in [-0.1, -0.05) is 29.3 Å². The molecule has 1 N–H and O–H groups in total. The minimum atomic E-state index is -0.0611. The Morgan fingerprint density at radius 3 is 2.67 bits per heavy atom. The van der Waals surface area contributed by atoms with E-state index in [1.807, 2.05) is 17.0 Å². The topological polar surface area (TPSA) is 32.3 Å². The van der Waals surface area contributed by atoms with Gasteiger partial charge in [-0.2, -0.15) is 0 Å². The standard InChI is InChI=1S/C16H22Cl2N2O/c1-16(2,3)19-10-15(21)20-8-4-5-14(20)11-6-7-12(17)13(18)9-11/h6-7,9,14,19H,4-5,8,10H2,1-3H3. The van der Waals surface area contributed by atoms with Crippen molar-refractivity contribution in [3.63, 3.8) is 0 Å². The van der Waals surface area contributed by atoms with Crippen molar-refractivity contribution in [2.45, 2.75) is 45.2 Å². The van der Waals surface area contributed by atoms with Crippen LogP contribution in [0.5, 0.6) is 0 Å². The Labute approximate surface area is 136 Å². The van der Waals surface area contributed by atoms with E-state index in [2.05, 4.69) is 26.1 Å². The summed E-state index contributed by atoms with van der Waals surface area (Å²) in [6.07, 6.45) is 1.99. The molecule has 1 unspecified atom stereocenters. The second kappa shape index (κ2) is 6.55. The Morgan fingerprint density at radius 2 is 2.05 bits per heavy atom. The Bertz CT molecular complexity index is 525. The van der Waals surface area contributed by atoms with Crippen molar-refractivity contribution in [3.05, 3.63) is 33.8 Å². The molecule has 2 rings (SSSR count). The maximum absolute atomic E-state index is 12.4. The first kappa shape index (κ1) is 16.6. The summed E-state index contributed by atoms with van der Waals surface area (Å²) in [5.41, 5.74) is 1.00. The van der Waals surface area contributed by atoms with Crippen molar-refractivity contribution in [1.82, 2.24) is 10.2 Å². The fourth-order valence-corrected chi connectivity index (χ4v) is 2.88. The first-order valence-corrected chi connectivity index (χ1v) is 8.03. The molecular weight excluding hydrogens is 307 g/mol. The number of likely N-dealkylation sites (tertiary alicyclic amines) is 1. The van der Waals surface area contributed by atoms with Crippen molar-refractivity contribution in [3.8, 4) is 0 Å². The van der Waals surface area contributed by atoms with Crippen LogP contribution in [0.4, 0.5) is 0 Å². The molecule has 116 valence electrons. The summed E-state index contributed by atoms with van der Waals surface area (Å²) in [6.45, 7) is 7.33. The Kier molecular flexibility index (Phi) is 5.18. The van der Waals surface area contributed by atoms with Crippen LogP contribution in [-0.4, -0.2) is 29.4 Å². The zero-order chi connectivity index (χ0) is 15.6. The van der Waals surface area contributed by atoms with Crippen molar-refractivity contribution < 1.29 is 4.79 Å². The highest BCUT2D eigenvalue weighted by atomic mass is 35.5. The van der Waals surface area contributed by atoms with Crippen LogP contribution in [0.25, 0.3) is 0 Å². The van der Waals surface area contributed by atoms with E-state index in [1.165, 1.54) is 0 Å². The normalized spacial score (nSPS) is 19.1. The average molecular weight is 329 g/mol. The summed E-state index contributed by atoms with van der Waals surface area (Å²) >= 11 is 12.1. The SMILES string of the molecule is CC(C)(C)NCC(=O)N1CCCC1c1ccc(Cl)c(Cl)c1. The summed E-state index contributed by atoms with van der Waals surface area (Å²) in [7, 11) is 0. The van der Waals surface area contributed by atoms with Crippen molar-refractivity contribution in [2.24, 2.45) is 0 Å². The third-order valence-corrected chi connectivity index (χ3v) is 4.41. The van der Waals surface area contributed by atoms with E-state index >= 15 is 0 Å². The van der Waals surface area contributed by atoms with Crippen molar-refractivity contribution >= 4 is 29.1 Å². The highest BCUT2D eigenvalue weighted by Gasteiger charge is 2.30. The molecule has 0 bridgehead atoms. The molecule has 1 aromatic carbocycles. The van der Waals surface area contributed by atoms with Crippen LogP contribution in [0.2, 0.25) is 10.0 Å². The zero-order valence-electron chi connectivity index (χ0n) is 12.7. The highest BCUT2D eigenvalue weighted by Crippen LogP contribution is 2.34. The number of carbonyl (C=O) groups excluding carboxylic acids is 1. The van der Waals surface area contributed by atoms with Gasteiger partial charge in [0.15, 0.2) is 0 Å². The van der Waals surface area contributed by atoms with Gasteiger partial charge in [0.2, 0.25) is 5.91 Å².